The number of hydrogen-bond donors (Lipinski definition) is 2. The van der Waals surface area contributed by atoms with Crippen molar-refractivity contribution in [3.05, 3.63) is 120 Å². The summed E-state index contributed by atoms with van der Waals surface area (Å²) in [6, 6.07) is 37.4. The Morgan fingerprint density at radius 2 is 0.781 bits per heavy atom. The van der Waals surface area contributed by atoms with Gasteiger partial charge in [0.2, 0.25) is 0 Å². The Hall–Kier alpha value is -3.92. The lowest BCUT2D eigenvalue weighted by Gasteiger charge is -2.31. The van der Waals surface area contributed by atoms with Gasteiger partial charge in [-0.1, -0.05) is 60.7 Å². The van der Waals surface area contributed by atoms with Crippen LogP contribution in [0, 0.1) is 0 Å². The fraction of sp³-hybridized carbons (Fsp3) is 0.143. The van der Waals surface area contributed by atoms with Gasteiger partial charge in [-0.05, 0) is 59.7 Å². The molecule has 0 saturated heterocycles. The maximum atomic E-state index is 5.94. The second-order valence-corrected chi connectivity index (χ2v) is 8.00. The van der Waals surface area contributed by atoms with Gasteiger partial charge in [0.1, 0.15) is 0 Å². The van der Waals surface area contributed by atoms with E-state index in [1.54, 1.807) is 0 Å². The molecule has 0 heterocycles. The summed E-state index contributed by atoms with van der Waals surface area (Å²) in [7, 11) is 0. The Bertz CT molecular complexity index is 987. The van der Waals surface area contributed by atoms with E-state index in [4.69, 9.17) is 11.5 Å². The van der Waals surface area contributed by atoms with Crippen LogP contribution in [-0.4, -0.2) is 13.1 Å². The average molecular weight is 423 g/mol. The van der Waals surface area contributed by atoms with Crippen molar-refractivity contribution in [2.24, 2.45) is 0 Å². The van der Waals surface area contributed by atoms with E-state index in [-0.39, 0.29) is 0 Å². The van der Waals surface area contributed by atoms with Crippen molar-refractivity contribution >= 4 is 22.7 Å². The van der Waals surface area contributed by atoms with E-state index in [1.807, 2.05) is 24.3 Å². The van der Waals surface area contributed by atoms with Gasteiger partial charge in [-0.15, -0.1) is 0 Å². The van der Waals surface area contributed by atoms with Crippen molar-refractivity contribution in [3.63, 3.8) is 0 Å². The summed E-state index contributed by atoms with van der Waals surface area (Å²) in [4.78, 5) is 4.81. The molecule has 4 aromatic rings. The van der Waals surface area contributed by atoms with Crippen molar-refractivity contribution in [1.29, 1.82) is 0 Å². The topological polar surface area (TPSA) is 58.5 Å². The second-order valence-electron chi connectivity index (χ2n) is 8.00. The highest BCUT2D eigenvalue weighted by atomic mass is 15.2. The Morgan fingerprint density at radius 3 is 1.12 bits per heavy atom. The van der Waals surface area contributed by atoms with Crippen LogP contribution in [0.2, 0.25) is 0 Å². The number of rotatable bonds is 9. The zero-order valence-corrected chi connectivity index (χ0v) is 18.3. The normalized spacial score (nSPS) is 10.6. The molecule has 4 aromatic carbocycles. The number of nitrogens with zero attached hydrogens (tertiary/aromatic N) is 2. The monoisotopic (exact) mass is 422 g/mol. The lowest BCUT2D eigenvalue weighted by atomic mass is 10.1. The first kappa shape index (κ1) is 21.3. The molecule has 0 aromatic heterocycles. The molecule has 4 heteroatoms. The summed E-state index contributed by atoms with van der Waals surface area (Å²) in [5, 5.41) is 0. The van der Waals surface area contributed by atoms with E-state index in [0.717, 1.165) is 37.6 Å². The van der Waals surface area contributed by atoms with Gasteiger partial charge >= 0.3 is 0 Å². The molecule has 0 bridgehead atoms. The highest BCUT2D eigenvalue weighted by Crippen LogP contribution is 2.22. The van der Waals surface area contributed by atoms with Gasteiger partial charge in [-0.3, -0.25) is 0 Å². The van der Waals surface area contributed by atoms with E-state index in [0.29, 0.717) is 0 Å². The zero-order chi connectivity index (χ0) is 22.2. The first-order valence-corrected chi connectivity index (χ1v) is 11.0. The van der Waals surface area contributed by atoms with Gasteiger partial charge < -0.3 is 21.3 Å². The summed E-state index contributed by atoms with van der Waals surface area (Å²) in [6.45, 7) is 3.42. The standard InChI is InChI=1S/C28H30N4/c29-25-11-15-27(16-12-25)31(21-23-7-3-1-4-8-23)19-20-32(22-24-9-5-2-6-10-24)28-17-13-26(30)14-18-28/h1-18H,19-22,29-30H2. The summed E-state index contributed by atoms with van der Waals surface area (Å²) in [5.74, 6) is 0. The predicted octanol–water partition coefficient (Wildman–Crippen LogP) is 5.56. The Balaban J connectivity index is 1.56. The molecule has 0 radical (unpaired) electrons. The average Bonchev–Trinajstić information content (AvgIpc) is 2.83. The van der Waals surface area contributed by atoms with Crippen LogP contribution in [0.15, 0.2) is 109 Å². The first-order chi connectivity index (χ1) is 15.7. The summed E-state index contributed by atoms with van der Waals surface area (Å²) in [6.07, 6.45) is 0. The van der Waals surface area contributed by atoms with Crippen LogP contribution >= 0.6 is 0 Å². The van der Waals surface area contributed by atoms with E-state index >= 15 is 0 Å². The van der Waals surface area contributed by atoms with Crippen LogP contribution < -0.4 is 21.3 Å². The predicted molar refractivity (Wildman–Crippen MR) is 137 cm³/mol. The molecule has 0 aliphatic heterocycles. The Labute approximate surface area is 190 Å². The van der Waals surface area contributed by atoms with E-state index < -0.39 is 0 Å². The minimum atomic E-state index is 0.779. The Morgan fingerprint density at radius 1 is 0.438 bits per heavy atom. The van der Waals surface area contributed by atoms with Crippen LogP contribution in [-0.2, 0) is 13.1 Å². The van der Waals surface area contributed by atoms with Gasteiger partial charge in [0.05, 0.1) is 0 Å². The molecule has 0 spiro atoms. The molecule has 4 nitrogen and oxygen atoms in total. The third-order valence-electron chi connectivity index (χ3n) is 5.59. The molecule has 0 aliphatic rings. The molecule has 0 saturated carbocycles. The van der Waals surface area contributed by atoms with Gasteiger partial charge in [-0.25, -0.2) is 0 Å². The minimum absolute atomic E-state index is 0.779. The molecular formula is C28H30N4. The molecule has 0 atom stereocenters. The fourth-order valence-electron chi connectivity index (χ4n) is 3.82. The van der Waals surface area contributed by atoms with Gasteiger partial charge in [0.15, 0.2) is 0 Å². The van der Waals surface area contributed by atoms with Crippen LogP contribution in [0.1, 0.15) is 11.1 Å². The molecule has 32 heavy (non-hydrogen) atoms. The van der Waals surface area contributed by atoms with Crippen molar-refractivity contribution in [3.8, 4) is 0 Å². The van der Waals surface area contributed by atoms with E-state index in [9.17, 15) is 0 Å². The number of hydrogen-bond acceptors (Lipinski definition) is 4. The minimum Gasteiger partial charge on any atom is -0.399 e. The molecule has 0 amide bonds. The maximum Gasteiger partial charge on any atom is 0.0430 e. The Kier molecular flexibility index (Phi) is 6.93. The number of nitrogen functional groups attached to an aromatic ring is 2. The van der Waals surface area contributed by atoms with Gasteiger partial charge in [-0.2, -0.15) is 0 Å². The highest BCUT2D eigenvalue weighted by Gasteiger charge is 2.13. The van der Waals surface area contributed by atoms with Crippen LogP contribution in [0.5, 0.6) is 0 Å². The lowest BCUT2D eigenvalue weighted by molar-refractivity contribution is 0.725. The van der Waals surface area contributed by atoms with Crippen molar-refractivity contribution in [1.82, 2.24) is 0 Å². The molecule has 4 N–H and O–H groups in total. The van der Waals surface area contributed by atoms with Crippen LogP contribution in [0.4, 0.5) is 22.7 Å². The van der Waals surface area contributed by atoms with Crippen molar-refractivity contribution in [2.75, 3.05) is 34.4 Å². The van der Waals surface area contributed by atoms with Gasteiger partial charge in [0, 0.05) is 48.9 Å². The van der Waals surface area contributed by atoms with Crippen LogP contribution in [0.3, 0.4) is 0 Å². The number of anilines is 4. The molecule has 0 fully saturated rings. The largest absolute Gasteiger partial charge is 0.399 e. The van der Waals surface area contributed by atoms with E-state index in [2.05, 4.69) is 94.7 Å². The van der Waals surface area contributed by atoms with Gasteiger partial charge in [0.25, 0.3) is 0 Å². The second kappa shape index (κ2) is 10.4. The molecule has 0 aliphatic carbocycles. The molecule has 162 valence electrons. The highest BCUT2D eigenvalue weighted by molar-refractivity contribution is 5.55. The fourth-order valence-corrected chi connectivity index (χ4v) is 3.82. The van der Waals surface area contributed by atoms with E-state index in [1.165, 1.54) is 22.5 Å². The molecular weight excluding hydrogens is 392 g/mol. The SMILES string of the molecule is Nc1ccc(N(CCN(Cc2ccccc2)c2ccc(N)cc2)Cc2ccccc2)cc1. The third-order valence-corrected chi connectivity index (χ3v) is 5.59. The third kappa shape index (κ3) is 5.82. The summed E-state index contributed by atoms with van der Waals surface area (Å²) in [5.41, 5.74) is 18.3. The number of nitrogens with two attached hydrogens (primary N) is 2. The first-order valence-electron chi connectivity index (χ1n) is 11.0. The smallest absolute Gasteiger partial charge is 0.0430 e. The van der Waals surface area contributed by atoms with Crippen molar-refractivity contribution in [2.45, 2.75) is 13.1 Å². The molecule has 4 rings (SSSR count). The van der Waals surface area contributed by atoms with Crippen molar-refractivity contribution < 1.29 is 0 Å². The summed E-state index contributed by atoms with van der Waals surface area (Å²) >= 11 is 0. The number of benzene rings is 4. The quantitative estimate of drug-likeness (QED) is 0.347. The summed E-state index contributed by atoms with van der Waals surface area (Å²) < 4.78 is 0. The lowest BCUT2D eigenvalue weighted by Crippen LogP contribution is -2.35. The zero-order valence-electron chi connectivity index (χ0n) is 18.3. The maximum absolute atomic E-state index is 5.94. The van der Waals surface area contributed by atoms with Crippen LogP contribution in [0.25, 0.3) is 0 Å². The molecule has 0 unspecified atom stereocenters.